The van der Waals surface area contributed by atoms with Crippen molar-refractivity contribution in [2.45, 2.75) is 26.4 Å². The molecule has 0 saturated carbocycles. The highest BCUT2D eigenvalue weighted by Gasteiger charge is 2.27. The first-order chi connectivity index (χ1) is 8.61. The number of rotatable bonds is 3. The fourth-order valence-electron chi connectivity index (χ4n) is 2.11. The Bertz CT molecular complexity index is 445. The molecule has 0 radical (unpaired) electrons. The molecule has 1 amide bonds. The zero-order chi connectivity index (χ0) is 13.1. The van der Waals surface area contributed by atoms with Crippen molar-refractivity contribution >= 4 is 11.6 Å². The third-order valence-electron chi connectivity index (χ3n) is 3.00. The van der Waals surface area contributed by atoms with Gasteiger partial charge in [-0.3, -0.25) is 4.79 Å². The highest BCUT2D eigenvalue weighted by Crippen LogP contribution is 2.34. The van der Waals surface area contributed by atoms with Gasteiger partial charge in [0.25, 0.3) is 0 Å². The molecule has 0 bridgehead atoms. The molecule has 1 heterocycles. The third kappa shape index (κ3) is 2.64. The van der Waals surface area contributed by atoms with Gasteiger partial charge in [0.1, 0.15) is 11.9 Å². The largest absolute Gasteiger partial charge is 0.487 e. The molecule has 1 aliphatic heterocycles. The number of anilines is 1. The van der Waals surface area contributed by atoms with E-state index in [1.54, 1.807) is 12.0 Å². The molecular weight excluding hydrogens is 230 g/mol. The van der Waals surface area contributed by atoms with Crippen LogP contribution in [0.1, 0.15) is 18.9 Å². The minimum atomic E-state index is 0.0193. The van der Waals surface area contributed by atoms with Crippen LogP contribution >= 0.6 is 0 Å². The van der Waals surface area contributed by atoms with Crippen LogP contribution in [0.25, 0.3) is 0 Å². The fraction of sp³-hybridized carbons (Fsp3) is 0.500. The molecule has 1 aliphatic rings. The molecule has 1 atom stereocenters. The Morgan fingerprint density at radius 3 is 3.06 bits per heavy atom. The number of methoxy groups -OCH3 is 1. The molecule has 0 unspecified atom stereocenters. The number of hydrogen-bond donors (Lipinski definition) is 0. The molecule has 4 nitrogen and oxygen atoms in total. The zero-order valence-corrected chi connectivity index (χ0v) is 11.1. The van der Waals surface area contributed by atoms with Crippen molar-refractivity contribution in [3.05, 3.63) is 23.8 Å². The summed E-state index contributed by atoms with van der Waals surface area (Å²) in [5, 5.41) is 0. The van der Waals surface area contributed by atoms with Gasteiger partial charge in [0.2, 0.25) is 5.91 Å². The first-order valence-corrected chi connectivity index (χ1v) is 6.18. The van der Waals surface area contributed by atoms with Gasteiger partial charge in [-0.25, -0.2) is 0 Å². The van der Waals surface area contributed by atoms with Crippen molar-refractivity contribution in [3.8, 4) is 5.75 Å². The number of aryl methyl sites for hydroxylation is 1. The first-order valence-electron chi connectivity index (χ1n) is 6.18. The van der Waals surface area contributed by atoms with E-state index in [2.05, 4.69) is 0 Å². The van der Waals surface area contributed by atoms with Gasteiger partial charge in [-0.2, -0.15) is 0 Å². The number of ether oxygens (including phenoxy) is 2. The molecule has 1 aromatic carbocycles. The maximum absolute atomic E-state index is 12.1. The van der Waals surface area contributed by atoms with Crippen molar-refractivity contribution in [1.29, 1.82) is 0 Å². The topological polar surface area (TPSA) is 38.8 Å². The second kappa shape index (κ2) is 5.40. The minimum Gasteiger partial charge on any atom is -0.487 e. The Labute approximate surface area is 107 Å². The van der Waals surface area contributed by atoms with Crippen LogP contribution in [0.2, 0.25) is 0 Å². The molecule has 0 spiro atoms. The molecule has 2 rings (SSSR count). The van der Waals surface area contributed by atoms with Crippen LogP contribution in [0.15, 0.2) is 18.2 Å². The predicted molar refractivity (Wildman–Crippen MR) is 70.1 cm³/mol. The number of hydrogen-bond acceptors (Lipinski definition) is 3. The molecule has 0 saturated heterocycles. The summed E-state index contributed by atoms with van der Waals surface area (Å²) >= 11 is 0. The Morgan fingerprint density at radius 2 is 2.33 bits per heavy atom. The number of fused-ring (bicyclic) bond motifs is 1. The van der Waals surface area contributed by atoms with Crippen LogP contribution in [0.4, 0.5) is 5.69 Å². The van der Waals surface area contributed by atoms with Crippen LogP contribution in [-0.2, 0) is 9.53 Å². The van der Waals surface area contributed by atoms with Crippen LogP contribution in [0.3, 0.4) is 0 Å². The van der Waals surface area contributed by atoms with E-state index in [-0.39, 0.29) is 12.0 Å². The summed E-state index contributed by atoms with van der Waals surface area (Å²) in [6.07, 6.45) is 0.419. The standard InChI is InChI=1S/C14H19NO3/c1-10-4-5-12-13(8-10)18-11(2)9-15(12)14(16)6-7-17-3/h4-5,8,11H,6-7,9H2,1-3H3/t11-/m1/s1. The van der Waals surface area contributed by atoms with Gasteiger partial charge in [0, 0.05) is 7.11 Å². The van der Waals surface area contributed by atoms with E-state index < -0.39 is 0 Å². The van der Waals surface area contributed by atoms with E-state index in [1.807, 2.05) is 32.0 Å². The Balaban J connectivity index is 2.25. The van der Waals surface area contributed by atoms with Crippen LogP contribution < -0.4 is 9.64 Å². The number of carbonyl (C=O) groups is 1. The van der Waals surface area contributed by atoms with Gasteiger partial charge in [-0.15, -0.1) is 0 Å². The molecule has 1 aromatic rings. The minimum absolute atomic E-state index is 0.0193. The van der Waals surface area contributed by atoms with Gasteiger partial charge in [0.05, 0.1) is 25.3 Å². The predicted octanol–water partition coefficient (Wildman–Crippen LogP) is 2.15. The first kappa shape index (κ1) is 12.9. The van der Waals surface area contributed by atoms with Gasteiger partial charge in [-0.05, 0) is 31.5 Å². The molecule has 4 heteroatoms. The summed E-state index contributed by atoms with van der Waals surface area (Å²) in [5.74, 6) is 0.872. The number of carbonyl (C=O) groups excluding carboxylic acids is 1. The molecule has 18 heavy (non-hydrogen) atoms. The van der Waals surface area contributed by atoms with Crippen molar-refractivity contribution in [1.82, 2.24) is 0 Å². The van der Waals surface area contributed by atoms with Crippen LogP contribution in [0.5, 0.6) is 5.75 Å². The van der Waals surface area contributed by atoms with Gasteiger partial charge in [-0.1, -0.05) is 6.07 Å². The summed E-state index contributed by atoms with van der Waals surface area (Å²) in [6, 6.07) is 5.91. The third-order valence-corrected chi connectivity index (χ3v) is 3.00. The summed E-state index contributed by atoms with van der Waals surface area (Å²) < 4.78 is 10.7. The Hall–Kier alpha value is -1.55. The lowest BCUT2D eigenvalue weighted by molar-refractivity contribution is -0.119. The highest BCUT2D eigenvalue weighted by molar-refractivity contribution is 5.95. The summed E-state index contributed by atoms with van der Waals surface area (Å²) in [6.45, 7) is 5.03. The fourth-order valence-corrected chi connectivity index (χ4v) is 2.11. The smallest absolute Gasteiger partial charge is 0.229 e. The van der Waals surface area contributed by atoms with Crippen molar-refractivity contribution in [2.24, 2.45) is 0 Å². The quantitative estimate of drug-likeness (QED) is 0.824. The monoisotopic (exact) mass is 249 g/mol. The maximum Gasteiger partial charge on any atom is 0.229 e. The van der Waals surface area contributed by atoms with Gasteiger partial charge >= 0.3 is 0 Å². The number of benzene rings is 1. The second-order valence-electron chi connectivity index (χ2n) is 4.65. The van der Waals surface area contributed by atoms with E-state index in [1.165, 1.54) is 0 Å². The van der Waals surface area contributed by atoms with Crippen molar-refractivity contribution < 1.29 is 14.3 Å². The van der Waals surface area contributed by atoms with Crippen LogP contribution in [0, 0.1) is 6.92 Å². The Morgan fingerprint density at radius 1 is 1.56 bits per heavy atom. The number of amides is 1. The highest BCUT2D eigenvalue weighted by atomic mass is 16.5. The van der Waals surface area contributed by atoms with E-state index in [0.29, 0.717) is 19.6 Å². The van der Waals surface area contributed by atoms with E-state index in [9.17, 15) is 4.79 Å². The van der Waals surface area contributed by atoms with Gasteiger partial charge < -0.3 is 14.4 Å². The lowest BCUT2D eigenvalue weighted by Gasteiger charge is -2.33. The van der Waals surface area contributed by atoms with Crippen LogP contribution in [-0.4, -0.2) is 32.3 Å². The summed E-state index contributed by atoms with van der Waals surface area (Å²) in [7, 11) is 1.60. The van der Waals surface area contributed by atoms with E-state index in [0.717, 1.165) is 17.0 Å². The molecule has 0 N–H and O–H groups in total. The average molecular weight is 249 g/mol. The van der Waals surface area contributed by atoms with Crippen molar-refractivity contribution in [2.75, 3.05) is 25.2 Å². The van der Waals surface area contributed by atoms with Gasteiger partial charge in [0.15, 0.2) is 0 Å². The summed E-state index contributed by atoms with van der Waals surface area (Å²) in [5.41, 5.74) is 1.99. The average Bonchev–Trinajstić information content (AvgIpc) is 2.34. The number of nitrogens with zero attached hydrogens (tertiary/aromatic N) is 1. The molecule has 0 aliphatic carbocycles. The Kier molecular flexibility index (Phi) is 3.87. The maximum atomic E-state index is 12.1. The lowest BCUT2D eigenvalue weighted by atomic mass is 10.1. The molecule has 98 valence electrons. The molecule has 0 fully saturated rings. The molecular formula is C14H19NO3. The molecule has 0 aromatic heterocycles. The zero-order valence-electron chi connectivity index (χ0n) is 11.1. The summed E-state index contributed by atoms with van der Waals surface area (Å²) in [4.78, 5) is 13.9. The van der Waals surface area contributed by atoms with Crippen molar-refractivity contribution in [3.63, 3.8) is 0 Å². The lowest BCUT2D eigenvalue weighted by Crippen LogP contribution is -2.42. The van der Waals surface area contributed by atoms with E-state index >= 15 is 0 Å². The normalized spacial score (nSPS) is 18.2. The SMILES string of the molecule is COCCC(=O)N1C[C@@H](C)Oc2cc(C)ccc21. The van der Waals surface area contributed by atoms with E-state index in [4.69, 9.17) is 9.47 Å². The second-order valence-corrected chi connectivity index (χ2v) is 4.65.